The van der Waals surface area contributed by atoms with E-state index in [2.05, 4.69) is 11.8 Å². The molecule has 30 heavy (non-hydrogen) atoms. The third-order valence-electron chi connectivity index (χ3n) is 5.40. The number of carboxylic acids is 1. The zero-order valence-electron chi connectivity index (χ0n) is 17.2. The van der Waals surface area contributed by atoms with Crippen molar-refractivity contribution in [3.05, 3.63) is 51.7 Å². The summed E-state index contributed by atoms with van der Waals surface area (Å²) < 4.78 is 5.87. The van der Waals surface area contributed by atoms with Crippen LogP contribution in [0.5, 0.6) is 0 Å². The first-order valence-corrected chi connectivity index (χ1v) is 11.7. The first-order chi connectivity index (χ1) is 14.5. The zero-order chi connectivity index (χ0) is 21.5. The van der Waals surface area contributed by atoms with Crippen molar-refractivity contribution in [1.29, 1.82) is 0 Å². The van der Waals surface area contributed by atoms with Gasteiger partial charge in [0.1, 0.15) is 4.88 Å². The molecule has 0 bridgehead atoms. The van der Waals surface area contributed by atoms with Crippen LogP contribution in [-0.4, -0.2) is 41.4 Å². The van der Waals surface area contributed by atoms with Crippen LogP contribution in [0.4, 0.5) is 5.69 Å². The van der Waals surface area contributed by atoms with Crippen molar-refractivity contribution in [2.75, 3.05) is 18.1 Å². The molecule has 1 saturated heterocycles. The second-order valence-electron chi connectivity index (χ2n) is 7.58. The van der Waals surface area contributed by atoms with Gasteiger partial charge in [-0.05, 0) is 49.2 Å². The Bertz CT molecular complexity index is 851. The molecule has 0 saturated carbocycles. The van der Waals surface area contributed by atoms with Crippen molar-refractivity contribution in [3.63, 3.8) is 0 Å². The molecule has 5 nitrogen and oxygen atoms in total. The van der Waals surface area contributed by atoms with E-state index in [9.17, 15) is 9.59 Å². The lowest BCUT2D eigenvalue weighted by Crippen LogP contribution is -2.37. The topological polar surface area (TPSA) is 66.8 Å². The van der Waals surface area contributed by atoms with E-state index in [0.29, 0.717) is 24.5 Å². The number of hydrogen-bond acceptors (Lipinski definition) is 5. The number of carboxylic acid groups (broad SMARTS) is 1. The van der Waals surface area contributed by atoms with Gasteiger partial charge in [0, 0.05) is 29.1 Å². The van der Waals surface area contributed by atoms with Crippen molar-refractivity contribution >= 4 is 40.4 Å². The molecule has 1 N–H and O–H groups in total. The summed E-state index contributed by atoms with van der Waals surface area (Å²) in [4.78, 5) is 26.7. The maximum Gasteiger partial charge on any atom is 0.345 e. The van der Waals surface area contributed by atoms with Gasteiger partial charge in [0.15, 0.2) is 5.78 Å². The second-order valence-corrected chi connectivity index (χ2v) is 9.31. The summed E-state index contributed by atoms with van der Waals surface area (Å²) in [6.07, 6.45) is 4.60. The molecule has 2 heterocycles. The third kappa shape index (κ3) is 5.84. The van der Waals surface area contributed by atoms with E-state index in [4.69, 9.17) is 21.4 Å². The molecule has 7 heteroatoms. The summed E-state index contributed by atoms with van der Waals surface area (Å²) in [7, 11) is 0. The van der Waals surface area contributed by atoms with Gasteiger partial charge in [-0.25, -0.2) is 4.79 Å². The number of ether oxygens (including phenoxy) is 1. The van der Waals surface area contributed by atoms with E-state index in [0.717, 1.165) is 48.4 Å². The number of hydrogen-bond donors (Lipinski definition) is 1. The van der Waals surface area contributed by atoms with Gasteiger partial charge in [-0.1, -0.05) is 19.8 Å². The quantitative estimate of drug-likeness (QED) is 0.274. The highest BCUT2D eigenvalue weighted by molar-refractivity contribution is 7.13. The Balaban J connectivity index is 1.56. The van der Waals surface area contributed by atoms with Gasteiger partial charge in [0.25, 0.3) is 0 Å². The van der Waals surface area contributed by atoms with Gasteiger partial charge in [0.2, 0.25) is 0 Å². The molecule has 0 amide bonds. The van der Waals surface area contributed by atoms with E-state index in [1.807, 2.05) is 24.3 Å². The fourth-order valence-electron chi connectivity index (χ4n) is 3.70. The van der Waals surface area contributed by atoms with Gasteiger partial charge in [-0.15, -0.1) is 22.9 Å². The highest BCUT2D eigenvalue weighted by Gasteiger charge is 2.33. The number of anilines is 1. The molecule has 0 unspecified atom stereocenters. The number of carbonyl (C=O) groups is 2. The predicted octanol–water partition coefficient (Wildman–Crippen LogP) is 5.61. The predicted molar refractivity (Wildman–Crippen MR) is 121 cm³/mol. The molecule has 2 aromatic rings. The van der Waals surface area contributed by atoms with E-state index in [1.54, 1.807) is 12.1 Å². The average molecular weight is 450 g/mol. The Morgan fingerprint density at radius 1 is 1.20 bits per heavy atom. The van der Waals surface area contributed by atoms with E-state index >= 15 is 0 Å². The number of carbonyl (C=O) groups excluding carboxylic acids is 1. The van der Waals surface area contributed by atoms with Crippen LogP contribution in [0, 0.1) is 0 Å². The van der Waals surface area contributed by atoms with Gasteiger partial charge in [-0.2, -0.15) is 0 Å². The van der Waals surface area contributed by atoms with Crippen molar-refractivity contribution in [2.24, 2.45) is 0 Å². The third-order valence-corrected chi connectivity index (χ3v) is 6.95. The molecule has 1 aromatic carbocycles. The van der Waals surface area contributed by atoms with E-state index < -0.39 is 5.97 Å². The van der Waals surface area contributed by atoms with Crippen LogP contribution in [0.1, 0.15) is 63.9 Å². The van der Waals surface area contributed by atoms with Crippen molar-refractivity contribution in [1.82, 2.24) is 0 Å². The first-order valence-electron chi connectivity index (χ1n) is 10.4. The number of nitrogens with zero attached hydrogens (tertiary/aromatic N) is 1. The normalized spacial score (nSPS) is 18.7. The fraction of sp³-hybridized carbons (Fsp3) is 0.478. The summed E-state index contributed by atoms with van der Waals surface area (Å²) in [5, 5.41) is 9.01. The highest BCUT2D eigenvalue weighted by Crippen LogP contribution is 2.30. The molecule has 3 rings (SSSR count). The minimum atomic E-state index is -0.915. The van der Waals surface area contributed by atoms with Gasteiger partial charge in [0.05, 0.1) is 24.6 Å². The Morgan fingerprint density at radius 2 is 1.97 bits per heavy atom. The molecular weight excluding hydrogens is 422 g/mol. The molecule has 2 atom stereocenters. The number of benzene rings is 1. The van der Waals surface area contributed by atoms with Gasteiger partial charge >= 0.3 is 5.97 Å². The Morgan fingerprint density at radius 3 is 2.63 bits per heavy atom. The summed E-state index contributed by atoms with van der Waals surface area (Å²) in [5.74, 6) is -0.718. The lowest BCUT2D eigenvalue weighted by atomic mass is 10.0. The molecule has 162 valence electrons. The number of alkyl halides is 1. The second kappa shape index (κ2) is 10.9. The number of unbranched alkanes of at least 4 members (excludes halogenated alkanes) is 2. The molecular formula is C23H28ClNO4S. The number of aromatic carboxylic acids is 1. The van der Waals surface area contributed by atoms with Crippen LogP contribution < -0.4 is 4.90 Å². The summed E-state index contributed by atoms with van der Waals surface area (Å²) in [6.45, 7) is 3.81. The number of thiophene rings is 1. The van der Waals surface area contributed by atoms with E-state index in [-0.39, 0.29) is 17.2 Å². The van der Waals surface area contributed by atoms with Crippen molar-refractivity contribution in [3.8, 4) is 0 Å². The zero-order valence-corrected chi connectivity index (χ0v) is 18.8. The maximum atomic E-state index is 12.3. The Hall–Kier alpha value is -1.89. The number of Topliss-reactive ketones (excluding diaryl/α,β-unsaturated/α-hetero) is 1. The smallest absolute Gasteiger partial charge is 0.345 e. The summed E-state index contributed by atoms with van der Waals surface area (Å²) in [6, 6.07) is 11.2. The maximum absolute atomic E-state index is 12.3. The van der Waals surface area contributed by atoms with Crippen molar-refractivity contribution in [2.45, 2.75) is 57.1 Å². The number of halogens is 1. The Labute approximate surface area is 186 Å². The van der Waals surface area contributed by atoms with Crippen molar-refractivity contribution < 1.29 is 19.4 Å². The molecule has 1 aliphatic heterocycles. The van der Waals surface area contributed by atoms with Crippen LogP contribution in [0.2, 0.25) is 0 Å². The molecule has 1 fully saturated rings. The number of ketones is 1. The molecule has 0 radical (unpaired) electrons. The summed E-state index contributed by atoms with van der Waals surface area (Å²) in [5.41, 5.74) is 1.80. The van der Waals surface area contributed by atoms with Crippen LogP contribution in [0.3, 0.4) is 0 Å². The van der Waals surface area contributed by atoms with Crippen LogP contribution in [-0.2, 0) is 11.3 Å². The SMILES string of the molecule is CCCCCC(=O)c1ccc(N2CC[C@H](Cl)[C@H]2COCc2ccc(C(=O)O)s2)cc1. The number of rotatable bonds is 11. The molecule has 0 aliphatic carbocycles. The molecule has 0 spiro atoms. The van der Waals surface area contributed by atoms with E-state index in [1.165, 1.54) is 11.3 Å². The summed E-state index contributed by atoms with van der Waals surface area (Å²) >= 11 is 7.78. The Kier molecular flexibility index (Phi) is 8.31. The highest BCUT2D eigenvalue weighted by atomic mass is 35.5. The van der Waals surface area contributed by atoms with Crippen LogP contribution in [0.25, 0.3) is 0 Å². The largest absolute Gasteiger partial charge is 0.477 e. The fourth-order valence-corrected chi connectivity index (χ4v) is 4.79. The van der Waals surface area contributed by atoms with Gasteiger partial charge in [-0.3, -0.25) is 4.79 Å². The average Bonchev–Trinajstić information content (AvgIpc) is 3.36. The standard InChI is InChI=1S/C23H28ClNO4S/c1-2-3-4-5-21(26)16-6-8-17(9-7-16)25-13-12-19(24)20(25)15-29-14-18-10-11-22(30-18)23(27)28/h6-11,19-20H,2-5,12-15H2,1H3,(H,27,28)/t19-,20+/m0/s1. The van der Waals surface area contributed by atoms with Gasteiger partial charge < -0.3 is 14.7 Å². The lowest BCUT2D eigenvalue weighted by Gasteiger charge is -2.28. The molecule has 1 aromatic heterocycles. The van der Waals surface area contributed by atoms with Crippen LogP contribution in [0.15, 0.2) is 36.4 Å². The minimum absolute atomic E-state index is 0.0155. The first kappa shape index (κ1) is 22.8. The molecule has 1 aliphatic rings. The lowest BCUT2D eigenvalue weighted by molar-refractivity contribution is 0.0702. The monoisotopic (exact) mass is 449 g/mol. The van der Waals surface area contributed by atoms with Crippen LogP contribution >= 0.6 is 22.9 Å². The minimum Gasteiger partial charge on any atom is -0.477 e.